The Morgan fingerprint density at radius 3 is 1.53 bits per heavy atom. The summed E-state index contributed by atoms with van der Waals surface area (Å²) in [5, 5.41) is 5.17. The molecule has 0 aliphatic heterocycles. The Hall–Kier alpha value is -6.42. The van der Waals surface area contributed by atoms with E-state index in [1.54, 1.807) is 0 Å². The van der Waals surface area contributed by atoms with Crippen LogP contribution in [0.5, 0.6) is 0 Å². The molecule has 2 heterocycles. The maximum atomic E-state index is 2.36. The van der Waals surface area contributed by atoms with E-state index in [0.717, 1.165) is 17.1 Å². The van der Waals surface area contributed by atoms with Crippen LogP contribution in [0, 0.1) is 0 Å². The highest BCUT2D eigenvalue weighted by molar-refractivity contribution is 7.25. The van der Waals surface area contributed by atoms with E-state index in [0.29, 0.717) is 0 Å². The Labute approximate surface area is 300 Å². The van der Waals surface area contributed by atoms with Crippen LogP contribution in [0.4, 0.5) is 17.1 Å². The van der Waals surface area contributed by atoms with Crippen LogP contribution in [0.15, 0.2) is 194 Å². The maximum absolute atomic E-state index is 2.36. The summed E-state index contributed by atoms with van der Waals surface area (Å²) in [6.45, 7) is 0. The molecule has 0 fully saturated rings. The van der Waals surface area contributed by atoms with Crippen molar-refractivity contribution in [3.8, 4) is 27.9 Å². The monoisotopic (exact) mass is 668 g/mol. The third-order valence-electron chi connectivity index (χ3n) is 10.00. The van der Waals surface area contributed by atoms with Gasteiger partial charge < -0.3 is 9.47 Å². The molecule has 0 saturated heterocycles. The fourth-order valence-corrected chi connectivity index (χ4v) is 8.63. The Bertz CT molecular complexity index is 2830. The van der Waals surface area contributed by atoms with Crippen molar-refractivity contribution in [3.63, 3.8) is 0 Å². The molecule has 0 aliphatic carbocycles. The van der Waals surface area contributed by atoms with Crippen molar-refractivity contribution < 1.29 is 0 Å². The quantitative estimate of drug-likeness (QED) is 0.171. The first-order chi connectivity index (χ1) is 25.3. The van der Waals surface area contributed by atoms with Crippen LogP contribution >= 0.6 is 11.3 Å². The number of aromatic nitrogens is 1. The first-order valence-corrected chi connectivity index (χ1v) is 18.2. The summed E-state index contributed by atoms with van der Waals surface area (Å²) in [7, 11) is 0. The van der Waals surface area contributed by atoms with Crippen LogP contribution < -0.4 is 4.90 Å². The number of benzene rings is 8. The summed E-state index contributed by atoms with van der Waals surface area (Å²) >= 11 is 1.86. The fraction of sp³-hybridized carbons (Fsp3) is 0. The van der Waals surface area contributed by atoms with Crippen LogP contribution in [-0.2, 0) is 0 Å². The first kappa shape index (κ1) is 29.5. The molecule has 0 atom stereocenters. The fourth-order valence-electron chi connectivity index (χ4n) is 7.54. The number of thiophene rings is 1. The highest BCUT2D eigenvalue weighted by Crippen LogP contribution is 2.40. The Balaban J connectivity index is 1.01. The average Bonchev–Trinajstić information content (AvgIpc) is 3.74. The Morgan fingerprint density at radius 1 is 0.333 bits per heavy atom. The van der Waals surface area contributed by atoms with Crippen molar-refractivity contribution in [3.05, 3.63) is 194 Å². The highest BCUT2D eigenvalue weighted by Gasteiger charge is 2.16. The van der Waals surface area contributed by atoms with Crippen LogP contribution in [-0.4, -0.2) is 4.57 Å². The molecule has 0 bridgehead atoms. The number of hydrogen-bond acceptors (Lipinski definition) is 2. The zero-order valence-corrected chi connectivity index (χ0v) is 28.6. The van der Waals surface area contributed by atoms with Gasteiger partial charge in [-0.2, -0.15) is 0 Å². The van der Waals surface area contributed by atoms with E-state index in [4.69, 9.17) is 0 Å². The van der Waals surface area contributed by atoms with E-state index in [2.05, 4.69) is 204 Å². The molecule has 2 nitrogen and oxygen atoms in total. The molecular weight excluding hydrogens is 637 g/mol. The molecule has 240 valence electrons. The van der Waals surface area contributed by atoms with Gasteiger partial charge in [0.25, 0.3) is 0 Å². The molecular formula is C48H32N2S. The molecule has 3 heteroatoms. The van der Waals surface area contributed by atoms with Gasteiger partial charge in [0.1, 0.15) is 0 Å². The van der Waals surface area contributed by atoms with Gasteiger partial charge >= 0.3 is 0 Å². The number of rotatable bonds is 6. The molecule has 0 N–H and O–H groups in total. The maximum Gasteiger partial charge on any atom is 0.0541 e. The predicted octanol–water partition coefficient (Wildman–Crippen LogP) is 14.0. The lowest BCUT2D eigenvalue weighted by Crippen LogP contribution is -2.09. The number of hydrogen-bond donors (Lipinski definition) is 0. The second kappa shape index (κ2) is 12.2. The summed E-state index contributed by atoms with van der Waals surface area (Å²) in [6.07, 6.45) is 0. The van der Waals surface area contributed by atoms with Crippen molar-refractivity contribution in [2.45, 2.75) is 0 Å². The van der Waals surface area contributed by atoms with Gasteiger partial charge in [-0.25, -0.2) is 0 Å². The first-order valence-electron chi connectivity index (χ1n) is 17.3. The molecule has 10 rings (SSSR count). The molecule has 0 aliphatic rings. The van der Waals surface area contributed by atoms with Gasteiger partial charge in [-0.1, -0.05) is 109 Å². The van der Waals surface area contributed by atoms with Gasteiger partial charge in [0.15, 0.2) is 0 Å². The smallest absolute Gasteiger partial charge is 0.0541 e. The topological polar surface area (TPSA) is 8.17 Å². The minimum absolute atomic E-state index is 1.12. The van der Waals surface area contributed by atoms with Gasteiger partial charge in [-0.3, -0.25) is 0 Å². The summed E-state index contributed by atoms with van der Waals surface area (Å²) in [5.74, 6) is 0. The molecule has 10 aromatic rings. The predicted molar refractivity (Wildman–Crippen MR) is 219 cm³/mol. The minimum atomic E-state index is 1.12. The van der Waals surface area contributed by atoms with E-state index < -0.39 is 0 Å². The third-order valence-corrected chi connectivity index (χ3v) is 11.1. The summed E-state index contributed by atoms with van der Waals surface area (Å²) in [5.41, 5.74) is 11.8. The van der Waals surface area contributed by atoms with E-state index in [1.807, 2.05) is 11.3 Å². The number of para-hydroxylation sites is 3. The van der Waals surface area contributed by atoms with Gasteiger partial charge in [0, 0.05) is 53.7 Å². The highest BCUT2D eigenvalue weighted by atomic mass is 32.1. The molecule has 8 aromatic carbocycles. The lowest BCUT2D eigenvalue weighted by Gasteiger charge is -2.26. The number of nitrogens with zero attached hydrogens (tertiary/aromatic N) is 2. The van der Waals surface area contributed by atoms with Crippen LogP contribution in [0.1, 0.15) is 0 Å². The molecule has 51 heavy (non-hydrogen) atoms. The SMILES string of the molecule is c1ccc(N(c2ccc(-c3ccc4sc5ccccc5c4c3)cc2)c2ccc(-c3ccc4c(c3)c3ccccc3n4-c3ccccc3)cc2)cc1. The molecule has 0 amide bonds. The van der Waals surface area contributed by atoms with Crippen LogP contribution in [0.3, 0.4) is 0 Å². The van der Waals surface area contributed by atoms with Crippen molar-refractivity contribution in [2.75, 3.05) is 4.90 Å². The van der Waals surface area contributed by atoms with Crippen molar-refractivity contribution >= 4 is 70.4 Å². The van der Waals surface area contributed by atoms with Gasteiger partial charge in [0.05, 0.1) is 11.0 Å². The lowest BCUT2D eigenvalue weighted by molar-refractivity contribution is 1.18. The van der Waals surface area contributed by atoms with Gasteiger partial charge in [-0.05, 0) is 107 Å². The van der Waals surface area contributed by atoms with E-state index in [9.17, 15) is 0 Å². The number of fused-ring (bicyclic) bond motifs is 6. The van der Waals surface area contributed by atoms with Gasteiger partial charge in [0.2, 0.25) is 0 Å². The lowest BCUT2D eigenvalue weighted by atomic mass is 10.0. The summed E-state index contributed by atoms with van der Waals surface area (Å²) < 4.78 is 5.03. The molecule has 0 radical (unpaired) electrons. The summed E-state index contributed by atoms with van der Waals surface area (Å²) in [4.78, 5) is 2.33. The van der Waals surface area contributed by atoms with Crippen LogP contribution in [0.25, 0.3) is 69.9 Å². The average molecular weight is 669 g/mol. The molecule has 2 aromatic heterocycles. The normalized spacial score (nSPS) is 11.5. The van der Waals surface area contributed by atoms with Crippen molar-refractivity contribution in [2.24, 2.45) is 0 Å². The van der Waals surface area contributed by atoms with E-state index >= 15 is 0 Å². The van der Waals surface area contributed by atoms with Crippen molar-refractivity contribution in [1.29, 1.82) is 0 Å². The molecule has 0 saturated carbocycles. The Kier molecular flexibility index (Phi) is 7.04. The van der Waals surface area contributed by atoms with Crippen LogP contribution in [0.2, 0.25) is 0 Å². The zero-order chi connectivity index (χ0) is 33.7. The van der Waals surface area contributed by atoms with Gasteiger partial charge in [-0.15, -0.1) is 11.3 Å². The van der Waals surface area contributed by atoms with Crippen molar-refractivity contribution in [1.82, 2.24) is 4.57 Å². The third kappa shape index (κ3) is 5.10. The second-order valence-electron chi connectivity index (χ2n) is 13.0. The zero-order valence-electron chi connectivity index (χ0n) is 27.8. The Morgan fingerprint density at radius 2 is 0.824 bits per heavy atom. The molecule has 0 spiro atoms. The summed E-state index contributed by atoms with van der Waals surface area (Å²) in [6, 6.07) is 70.3. The largest absolute Gasteiger partial charge is 0.311 e. The number of anilines is 3. The standard InChI is InChI=1S/C48H32N2S/c1-3-11-37(12-4-1)49(40-27-21-34(22-28-40)36-24-30-48-44(32-36)42-16-8-10-18-47(42)51-48)39-25-19-33(20-26-39)35-23-29-46-43(31-35)41-15-7-9-17-45(41)50(46)38-13-5-2-6-14-38/h1-32H. The van der Waals surface area contributed by atoms with E-state index in [-0.39, 0.29) is 0 Å². The second-order valence-corrected chi connectivity index (χ2v) is 14.1. The molecule has 0 unspecified atom stereocenters. The van der Waals surface area contributed by atoms with E-state index in [1.165, 1.54) is 69.9 Å². The minimum Gasteiger partial charge on any atom is -0.311 e.